The largest absolute Gasteiger partial charge is 0.481 e. The summed E-state index contributed by atoms with van der Waals surface area (Å²) in [6.07, 6.45) is 1.60. The summed E-state index contributed by atoms with van der Waals surface area (Å²) in [5.41, 5.74) is 6.60. The molecule has 6 heteroatoms. The van der Waals surface area contributed by atoms with Crippen molar-refractivity contribution in [2.24, 2.45) is 5.73 Å². The van der Waals surface area contributed by atoms with E-state index in [1.165, 1.54) is 25.6 Å². The Morgan fingerprint density at radius 1 is 1.32 bits per heavy atom. The third-order valence-corrected chi connectivity index (χ3v) is 2.72. The van der Waals surface area contributed by atoms with E-state index in [9.17, 15) is 8.78 Å². The molecule has 2 N–H and O–H groups in total. The van der Waals surface area contributed by atoms with Gasteiger partial charge < -0.3 is 10.5 Å². The number of hydrogen-bond acceptors (Lipinski definition) is 4. The zero-order chi connectivity index (χ0) is 13.8. The van der Waals surface area contributed by atoms with E-state index in [0.717, 1.165) is 6.07 Å². The van der Waals surface area contributed by atoms with Gasteiger partial charge >= 0.3 is 0 Å². The van der Waals surface area contributed by atoms with Crippen LogP contribution in [-0.4, -0.2) is 17.1 Å². The van der Waals surface area contributed by atoms with Crippen molar-refractivity contribution < 1.29 is 13.5 Å². The van der Waals surface area contributed by atoms with Crippen molar-refractivity contribution in [2.75, 3.05) is 7.11 Å². The lowest BCUT2D eigenvalue weighted by atomic mass is 10.0. The summed E-state index contributed by atoms with van der Waals surface area (Å²) < 4.78 is 31.7. The van der Waals surface area contributed by atoms with E-state index in [1.54, 1.807) is 6.07 Å². The van der Waals surface area contributed by atoms with Crippen LogP contribution in [-0.2, 0) is 6.42 Å². The van der Waals surface area contributed by atoms with Crippen LogP contribution >= 0.6 is 0 Å². The van der Waals surface area contributed by atoms with Crippen molar-refractivity contribution in [1.29, 1.82) is 0 Å². The molecule has 0 saturated heterocycles. The first-order chi connectivity index (χ1) is 9.11. The van der Waals surface area contributed by atoms with Gasteiger partial charge in [0, 0.05) is 29.8 Å². The molecule has 0 saturated carbocycles. The van der Waals surface area contributed by atoms with E-state index < -0.39 is 17.7 Å². The molecule has 0 amide bonds. The number of aromatic nitrogens is 2. The number of nitrogens with zero attached hydrogens (tertiary/aromatic N) is 2. The second-order valence-corrected chi connectivity index (χ2v) is 4.01. The molecule has 2 aromatic rings. The SMILES string of the molecule is COc1cc(CC(N)c2cccc(F)c2F)ncn1. The highest BCUT2D eigenvalue weighted by atomic mass is 19.2. The molecule has 1 aromatic carbocycles. The minimum Gasteiger partial charge on any atom is -0.481 e. The summed E-state index contributed by atoms with van der Waals surface area (Å²) in [5.74, 6) is -1.43. The van der Waals surface area contributed by atoms with Gasteiger partial charge in [-0.25, -0.2) is 18.7 Å². The summed E-state index contributed by atoms with van der Waals surface area (Å²) in [6.45, 7) is 0. The Bertz CT molecular complexity index is 578. The fourth-order valence-electron chi connectivity index (χ4n) is 1.74. The number of hydrogen-bond donors (Lipinski definition) is 1. The molecule has 1 atom stereocenters. The first-order valence-corrected chi connectivity index (χ1v) is 5.66. The molecule has 0 fully saturated rings. The van der Waals surface area contributed by atoms with Crippen LogP contribution in [0.5, 0.6) is 5.88 Å². The predicted molar refractivity (Wildman–Crippen MR) is 65.6 cm³/mol. The quantitative estimate of drug-likeness (QED) is 0.918. The molecule has 0 aliphatic heterocycles. The van der Waals surface area contributed by atoms with E-state index in [2.05, 4.69) is 9.97 Å². The molecule has 0 aliphatic carbocycles. The maximum Gasteiger partial charge on any atom is 0.216 e. The second-order valence-electron chi connectivity index (χ2n) is 4.01. The third-order valence-electron chi connectivity index (χ3n) is 2.72. The minimum atomic E-state index is -0.920. The van der Waals surface area contributed by atoms with Gasteiger partial charge in [0.1, 0.15) is 6.33 Å². The number of benzene rings is 1. The molecule has 0 spiro atoms. The summed E-state index contributed by atoms with van der Waals surface area (Å²) >= 11 is 0. The predicted octanol–water partition coefficient (Wildman–Crippen LogP) is 2.01. The lowest BCUT2D eigenvalue weighted by Gasteiger charge is -2.13. The topological polar surface area (TPSA) is 61.0 Å². The molecule has 1 unspecified atom stereocenters. The molecule has 19 heavy (non-hydrogen) atoms. The van der Waals surface area contributed by atoms with Crippen LogP contribution in [0.2, 0.25) is 0 Å². The van der Waals surface area contributed by atoms with Crippen molar-refractivity contribution in [3.05, 3.63) is 53.5 Å². The standard InChI is InChI=1S/C13H13F2N3O/c1-19-12-6-8(17-7-18-12)5-11(16)9-3-2-4-10(14)13(9)15/h2-4,6-7,11H,5,16H2,1H3. The molecule has 2 rings (SSSR count). The Hall–Kier alpha value is -2.08. The van der Waals surface area contributed by atoms with Gasteiger partial charge in [0.2, 0.25) is 5.88 Å². The smallest absolute Gasteiger partial charge is 0.216 e. The summed E-state index contributed by atoms with van der Waals surface area (Å²) in [7, 11) is 1.48. The number of methoxy groups -OCH3 is 1. The van der Waals surface area contributed by atoms with Crippen LogP contribution in [0, 0.1) is 11.6 Å². The normalized spacial score (nSPS) is 12.2. The van der Waals surface area contributed by atoms with Crippen molar-refractivity contribution in [2.45, 2.75) is 12.5 Å². The zero-order valence-electron chi connectivity index (χ0n) is 10.3. The molecule has 100 valence electrons. The van der Waals surface area contributed by atoms with E-state index >= 15 is 0 Å². The van der Waals surface area contributed by atoms with E-state index in [4.69, 9.17) is 10.5 Å². The first kappa shape index (κ1) is 13.4. The van der Waals surface area contributed by atoms with Crippen molar-refractivity contribution in [3.63, 3.8) is 0 Å². The Labute approximate surface area is 109 Å². The lowest BCUT2D eigenvalue weighted by Crippen LogP contribution is -2.16. The Morgan fingerprint density at radius 2 is 2.11 bits per heavy atom. The Morgan fingerprint density at radius 3 is 2.84 bits per heavy atom. The van der Waals surface area contributed by atoms with Gasteiger partial charge in [-0.1, -0.05) is 12.1 Å². The molecule has 1 heterocycles. The molecule has 4 nitrogen and oxygen atoms in total. The van der Waals surface area contributed by atoms with Crippen LogP contribution in [0.1, 0.15) is 17.3 Å². The van der Waals surface area contributed by atoms with Crippen LogP contribution in [0.25, 0.3) is 0 Å². The Kier molecular flexibility index (Phi) is 4.01. The van der Waals surface area contributed by atoms with Gasteiger partial charge in [0.05, 0.1) is 7.11 Å². The van der Waals surface area contributed by atoms with Crippen molar-refractivity contribution in [1.82, 2.24) is 9.97 Å². The molecule has 1 aromatic heterocycles. The lowest BCUT2D eigenvalue weighted by molar-refractivity contribution is 0.395. The maximum absolute atomic E-state index is 13.6. The Balaban J connectivity index is 2.20. The van der Waals surface area contributed by atoms with E-state index in [-0.39, 0.29) is 12.0 Å². The summed E-state index contributed by atoms with van der Waals surface area (Å²) in [6, 6.07) is 4.86. The highest BCUT2D eigenvalue weighted by Crippen LogP contribution is 2.21. The van der Waals surface area contributed by atoms with Gasteiger partial charge in [-0.05, 0) is 6.07 Å². The van der Waals surface area contributed by atoms with Crippen LogP contribution in [0.4, 0.5) is 8.78 Å². The fourth-order valence-corrected chi connectivity index (χ4v) is 1.74. The molecule has 0 radical (unpaired) electrons. The second kappa shape index (κ2) is 5.71. The average molecular weight is 265 g/mol. The van der Waals surface area contributed by atoms with E-state index in [1.807, 2.05) is 0 Å². The highest BCUT2D eigenvalue weighted by molar-refractivity contribution is 5.24. The van der Waals surface area contributed by atoms with Gasteiger partial charge in [-0.2, -0.15) is 0 Å². The zero-order valence-corrected chi connectivity index (χ0v) is 10.3. The summed E-state index contributed by atoms with van der Waals surface area (Å²) in [4.78, 5) is 7.88. The fraction of sp³-hybridized carbons (Fsp3) is 0.231. The molecular weight excluding hydrogens is 252 g/mol. The van der Waals surface area contributed by atoms with Gasteiger partial charge in [0.25, 0.3) is 0 Å². The van der Waals surface area contributed by atoms with E-state index in [0.29, 0.717) is 11.6 Å². The van der Waals surface area contributed by atoms with Crippen LogP contribution in [0.15, 0.2) is 30.6 Å². The van der Waals surface area contributed by atoms with Gasteiger partial charge in [-0.3, -0.25) is 0 Å². The number of rotatable bonds is 4. The first-order valence-electron chi connectivity index (χ1n) is 5.66. The van der Waals surface area contributed by atoms with Crippen LogP contribution in [0.3, 0.4) is 0 Å². The highest BCUT2D eigenvalue weighted by Gasteiger charge is 2.16. The molecular formula is C13H13F2N3O. The van der Waals surface area contributed by atoms with Crippen LogP contribution < -0.4 is 10.5 Å². The third kappa shape index (κ3) is 3.03. The van der Waals surface area contributed by atoms with Gasteiger partial charge in [0.15, 0.2) is 11.6 Å². The van der Waals surface area contributed by atoms with Crippen molar-refractivity contribution >= 4 is 0 Å². The maximum atomic E-state index is 13.6. The summed E-state index contributed by atoms with van der Waals surface area (Å²) in [5, 5.41) is 0. The molecule has 0 aliphatic rings. The number of halogens is 2. The number of ether oxygens (including phenoxy) is 1. The minimum absolute atomic E-state index is 0.123. The van der Waals surface area contributed by atoms with Gasteiger partial charge in [-0.15, -0.1) is 0 Å². The van der Waals surface area contributed by atoms with Crippen molar-refractivity contribution in [3.8, 4) is 5.88 Å². The number of nitrogens with two attached hydrogens (primary N) is 1. The average Bonchev–Trinajstić information content (AvgIpc) is 2.42. The monoisotopic (exact) mass is 265 g/mol. The molecule has 0 bridgehead atoms.